The fourth-order valence-corrected chi connectivity index (χ4v) is 3.35. The number of pyridine rings is 1. The highest BCUT2D eigenvalue weighted by molar-refractivity contribution is 6.08. The van der Waals surface area contributed by atoms with E-state index >= 15 is 0 Å². The average Bonchev–Trinajstić information content (AvgIpc) is 3.20. The van der Waals surface area contributed by atoms with Gasteiger partial charge in [0, 0.05) is 17.3 Å². The van der Waals surface area contributed by atoms with Crippen LogP contribution in [0.3, 0.4) is 0 Å². The Labute approximate surface area is 166 Å². The highest BCUT2D eigenvalue weighted by atomic mass is 16.2. The maximum absolute atomic E-state index is 13.2. The normalized spacial score (nSPS) is 14.0. The van der Waals surface area contributed by atoms with Gasteiger partial charge >= 0.3 is 0 Å². The molecule has 6 nitrogen and oxygen atoms in total. The number of hydrogen-bond donors (Lipinski definition) is 1. The van der Waals surface area contributed by atoms with Crippen molar-refractivity contribution in [1.29, 1.82) is 0 Å². The Morgan fingerprint density at radius 1 is 1.07 bits per heavy atom. The zero-order chi connectivity index (χ0) is 20.1. The van der Waals surface area contributed by atoms with Crippen molar-refractivity contribution >= 4 is 23.3 Å². The first-order valence-electron chi connectivity index (χ1n) is 9.78. The van der Waals surface area contributed by atoms with E-state index < -0.39 is 0 Å². The largest absolute Gasteiger partial charge is 0.350 e. The van der Waals surface area contributed by atoms with Gasteiger partial charge in [-0.3, -0.25) is 19.4 Å². The molecule has 1 fully saturated rings. The Kier molecular flexibility index (Phi) is 5.97. The van der Waals surface area contributed by atoms with Gasteiger partial charge in [0.2, 0.25) is 5.91 Å². The third-order valence-electron chi connectivity index (χ3n) is 4.62. The molecule has 0 radical (unpaired) electrons. The monoisotopic (exact) mass is 381 g/mol. The zero-order valence-corrected chi connectivity index (χ0v) is 16.9. The van der Waals surface area contributed by atoms with Crippen LogP contribution in [0.2, 0.25) is 0 Å². The molecule has 2 heterocycles. The summed E-state index contributed by atoms with van der Waals surface area (Å²) in [4.78, 5) is 32.7. The van der Waals surface area contributed by atoms with Gasteiger partial charge in [0.05, 0.1) is 18.7 Å². The minimum Gasteiger partial charge on any atom is -0.350 e. The van der Waals surface area contributed by atoms with Gasteiger partial charge in [-0.2, -0.15) is 0 Å². The van der Waals surface area contributed by atoms with Gasteiger partial charge < -0.3 is 5.32 Å². The summed E-state index contributed by atoms with van der Waals surface area (Å²) in [6.07, 6.45) is 4.12. The molecule has 28 heavy (non-hydrogen) atoms. The van der Waals surface area contributed by atoms with E-state index in [2.05, 4.69) is 15.2 Å². The maximum Gasteiger partial charge on any atom is 0.274 e. The Hall–Kier alpha value is -2.89. The molecule has 0 bridgehead atoms. The van der Waals surface area contributed by atoms with Crippen molar-refractivity contribution in [3.05, 3.63) is 54.2 Å². The van der Waals surface area contributed by atoms with Gasteiger partial charge in [-0.15, -0.1) is 0 Å². The van der Waals surface area contributed by atoms with Crippen molar-refractivity contribution in [2.24, 2.45) is 0 Å². The lowest BCUT2D eigenvalue weighted by molar-refractivity contribution is -0.364. The summed E-state index contributed by atoms with van der Waals surface area (Å²) in [5.41, 5.74) is 0.865. The lowest BCUT2D eigenvalue weighted by Crippen LogP contribution is -2.47. The van der Waals surface area contributed by atoms with Crippen LogP contribution in [-0.2, 0) is 4.79 Å². The smallest absolute Gasteiger partial charge is 0.274 e. The number of nitrogens with zero attached hydrogens (tertiary/aromatic N) is 2. The number of rotatable bonds is 5. The van der Waals surface area contributed by atoms with E-state index in [1.165, 1.54) is 17.7 Å². The van der Waals surface area contributed by atoms with Crippen molar-refractivity contribution in [3.8, 4) is 0 Å². The highest BCUT2D eigenvalue weighted by Gasteiger charge is 2.25. The first-order chi connectivity index (χ1) is 13.3. The number of nitrogens with one attached hydrogen (secondary N) is 2. The summed E-state index contributed by atoms with van der Waals surface area (Å²) in [7, 11) is 0. The fourth-order valence-electron chi connectivity index (χ4n) is 3.35. The molecule has 1 aromatic heterocycles. The van der Waals surface area contributed by atoms with Gasteiger partial charge in [0.1, 0.15) is 12.7 Å². The van der Waals surface area contributed by atoms with Crippen molar-refractivity contribution in [3.63, 3.8) is 0 Å². The van der Waals surface area contributed by atoms with Crippen LogP contribution in [-0.4, -0.2) is 37.0 Å². The molecule has 0 saturated carbocycles. The predicted octanol–water partition coefficient (Wildman–Crippen LogP) is 2.66. The summed E-state index contributed by atoms with van der Waals surface area (Å²) in [5.74, 6) is 0.618. The topological polar surface area (TPSA) is 66.8 Å². The van der Waals surface area contributed by atoms with Crippen molar-refractivity contribution < 1.29 is 14.6 Å². The van der Waals surface area contributed by atoms with Crippen molar-refractivity contribution in [1.82, 2.24) is 5.32 Å². The van der Waals surface area contributed by atoms with Crippen molar-refractivity contribution in [2.45, 2.75) is 39.2 Å². The van der Waals surface area contributed by atoms with Crippen LogP contribution in [0.4, 0.5) is 11.5 Å². The van der Waals surface area contributed by atoms with Crippen LogP contribution >= 0.6 is 0 Å². The summed E-state index contributed by atoms with van der Waals surface area (Å²) in [6, 6.07) is 13.1. The SMILES string of the molecule is CC(C)(C)NC(=O)CN(C(=O)c1ccc(N2CCCC2)[nH+]c1)c1ccccc1. The van der Waals surface area contributed by atoms with Crippen LogP contribution < -0.4 is 20.1 Å². The number of H-pyrrole nitrogens is 1. The van der Waals surface area contributed by atoms with Gasteiger partial charge in [-0.25, -0.2) is 4.98 Å². The first-order valence-corrected chi connectivity index (χ1v) is 9.78. The van der Waals surface area contributed by atoms with Crippen LogP contribution in [0.5, 0.6) is 0 Å². The molecular formula is C22H29N4O2+. The number of amides is 2. The third-order valence-corrected chi connectivity index (χ3v) is 4.62. The molecule has 2 amide bonds. The van der Waals surface area contributed by atoms with Crippen LogP contribution in [0.25, 0.3) is 0 Å². The van der Waals surface area contributed by atoms with E-state index in [1.807, 2.05) is 63.2 Å². The number of hydrogen-bond acceptors (Lipinski definition) is 3. The Balaban J connectivity index is 1.80. The molecule has 6 heteroatoms. The molecule has 0 spiro atoms. The van der Waals surface area contributed by atoms with Gasteiger partial charge in [-0.05, 0) is 51.8 Å². The second kappa shape index (κ2) is 8.42. The number of aromatic amines is 1. The molecule has 0 atom stereocenters. The van der Waals surface area contributed by atoms with E-state index in [-0.39, 0.29) is 23.9 Å². The van der Waals surface area contributed by atoms with Crippen LogP contribution in [0.1, 0.15) is 44.0 Å². The summed E-state index contributed by atoms with van der Waals surface area (Å²) >= 11 is 0. The Morgan fingerprint density at radius 3 is 2.32 bits per heavy atom. The molecule has 2 aromatic rings. The molecule has 0 aliphatic carbocycles. The molecule has 3 rings (SSSR count). The van der Waals surface area contributed by atoms with Crippen molar-refractivity contribution in [2.75, 3.05) is 29.4 Å². The molecular weight excluding hydrogens is 352 g/mol. The molecule has 2 N–H and O–H groups in total. The minimum atomic E-state index is -0.354. The van der Waals surface area contributed by atoms with Gasteiger partial charge in [0.25, 0.3) is 11.7 Å². The number of carbonyl (C=O) groups is 2. The fraction of sp³-hybridized carbons (Fsp3) is 0.409. The molecule has 1 saturated heterocycles. The lowest BCUT2D eigenvalue weighted by Gasteiger charge is -2.26. The lowest BCUT2D eigenvalue weighted by atomic mass is 10.1. The van der Waals surface area contributed by atoms with E-state index in [0.717, 1.165) is 18.9 Å². The summed E-state index contributed by atoms with van der Waals surface area (Å²) in [6.45, 7) is 7.80. The minimum absolute atomic E-state index is 0.0337. The molecule has 0 unspecified atom stereocenters. The standard InChI is InChI=1S/C22H28N4O2/c1-22(2,3)24-20(27)16-26(18-9-5-4-6-10-18)21(28)17-11-12-19(23-15-17)25-13-7-8-14-25/h4-6,9-12,15H,7-8,13-14,16H2,1-3H3,(H,24,27)/p+1. The Morgan fingerprint density at radius 2 is 1.75 bits per heavy atom. The number of benzene rings is 1. The number of anilines is 2. The summed E-state index contributed by atoms with van der Waals surface area (Å²) in [5, 5.41) is 2.92. The van der Waals surface area contributed by atoms with Crippen LogP contribution in [0.15, 0.2) is 48.7 Å². The quantitative estimate of drug-likeness (QED) is 0.866. The molecule has 1 aliphatic heterocycles. The second-order valence-electron chi connectivity index (χ2n) is 8.18. The number of para-hydroxylation sites is 1. The van der Waals surface area contributed by atoms with E-state index in [0.29, 0.717) is 11.3 Å². The molecule has 1 aromatic carbocycles. The van der Waals surface area contributed by atoms with E-state index in [1.54, 1.807) is 6.20 Å². The Bertz CT molecular complexity index is 807. The van der Waals surface area contributed by atoms with E-state index in [9.17, 15) is 9.59 Å². The number of aromatic nitrogens is 1. The molecule has 148 valence electrons. The number of carbonyl (C=O) groups excluding carboxylic acids is 2. The van der Waals surface area contributed by atoms with Gasteiger partial charge in [-0.1, -0.05) is 18.2 Å². The molecule has 1 aliphatic rings. The third kappa shape index (κ3) is 5.09. The first kappa shape index (κ1) is 19.9. The van der Waals surface area contributed by atoms with E-state index in [4.69, 9.17) is 0 Å². The maximum atomic E-state index is 13.2. The highest BCUT2D eigenvalue weighted by Crippen LogP contribution is 2.19. The summed E-state index contributed by atoms with van der Waals surface area (Å²) < 4.78 is 0. The second-order valence-corrected chi connectivity index (χ2v) is 8.18. The average molecular weight is 382 g/mol. The van der Waals surface area contributed by atoms with Crippen LogP contribution in [0, 0.1) is 0 Å². The predicted molar refractivity (Wildman–Crippen MR) is 110 cm³/mol. The zero-order valence-electron chi connectivity index (χ0n) is 16.9. The van der Waals surface area contributed by atoms with Gasteiger partial charge in [0.15, 0.2) is 0 Å².